The predicted octanol–water partition coefficient (Wildman–Crippen LogP) is 3.62. The van der Waals surface area contributed by atoms with E-state index in [4.69, 9.17) is 16.3 Å². The van der Waals surface area contributed by atoms with Gasteiger partial charge in [0.05, 0.1) is 7.11 Å². The number of amides is 1. The maximum Gasteiger partial charge on any atom is 0.230 e. The molecule has 29 heavy (non-hydrogen) atoms. The van der Waals surface area contributed by atoms with Crippen LogP contribution in [0.15, 0.2) is 36.4 Å². The molecule has 2 N–H and O–H groups in total. The van der Waals surface area contributed by atoms with Crippen LogP contribution < -0.4 is 20.3 Å². The number of rotatable bonds is 5. The summed E-state index contributed by atoms with van der Waals surface area (Å²) in [4.78, 5) is 14.3. The molecule has 4 atom stereocenters. The summed E-state index contributed by atoms with van der Waals surface area (Å²) in [6.07, 6.45) is 2.01. The predicted molar refractivity (Wildman–Crippen MR) is 115 cm³/mol. The van der Waals surface area contributed by atoms with Crippen LogP contribution >= 0.6 is 11.6 Å². The highest BCUT2D eigenvalue weighted by Gasteiger charge is 2.50. The van der Waals surface area contributed by atoms with Gasteiger partial charge >= 0.3 is 0 Å². The molecule has 1 saturated heterocycles. The van der Waals surface area contributed by atoms with Gasteiger partial charge in [-0.05, 0) is 60.7 Å². The summed E-state index contributed by atoms with van der Waals surface area (Å²) in [6, 6.07) is 12.9. The fourth-order valence-electron chi connectivity index (χ4n) is 4.94. The van der Waals surface area contributed by atoms with E-state index in [-0.39, 0.29) is 17.9 Å². The number of hydrogen-bond acceptors (Lipinski definition) is 4. The van der Waals surface area contributed by atoms with Gasteiger partial charge in [0.2, 0.25) is 5.91 Å². The maximum atomic E-state index is 12.4. The average Bonchev–Trinajstić information content (AvgIpc) is 3.40. The number of nitrogens with zero attached hydrogens (tertiary/aromatic N) is 1. The third-order valence-electron chi connectivity index (χ3n) is 6.61. The van der Waals surface area contributed by atoms with Crippen molar-refractivity contribution in [1.82, 2.24) is 10.6 Å². The topological polar surface area (TPSA) is 53.6 Å². The first-order chi connectivity index (χ1) is 14.1. The number of halogens is 1. The van der Waals surface area contributed by atoms with Crippen LogP contribution in [-0.4, -0.2) is 32.7 Å². The zero-order chi connectivity index (χ0) is 20.1. The molecule has 5 rings (SSSR count). The van der Waals surface area contributed by atoms with Crippen molar-refractivity contribution in [3.05, 3.63) is 58.1 Å². The van der Waals surface area contributed by atoms with E-state index in [9.17, 15) is 4.79 Å². The minimum absolute atomic E-state index is 0.171. The number of hydrogen-bond donors (Lipinski definition) is 2. The summed E-state index contributed by atoms with van der Waals surface area (Å²) in [5, 5.41) is 8.05. The van der Waals surface area contributed by atoms with E-state index >= 15 is 0 Å². The Labute approximate surface area is 176 Å². The molecule has 0 aromatic heterocycles. The number of nitrogens with one attached hydrogen (secondary N) is 2. The second kappa shape index (κ2) is 7.31. The normalized spacial score (nSPS) is 27.6. The SMILES string of the molecule is COc1cc2c(cc1CNC1CCNC1c1cccc(Cl)c1)N(C)C(=O)C1CC21. The maximum absolute atomic E-state index is 12.4. The monoisotopic (exact) mass is 411 g/mol. The average molecular weight is 412 g/mol. The van der Waals surface area contributed by atoms with E-state index in [1.54, 1.807) is 7.11 Å². The summed E-state index contributed by atoms with van der Waals surface area (Å²) in [7, 11) is 3.61. The van der Waals surface area contributed by atoms with E-state index in [0.29, 0.717) is 18.5 Å². The molecule has 1 aliphatic carbocycles. The molecule has 3 aliphatic rings. The molecule has 2 fully saturated rings. The van der Waals surface area contributed by atoms with Crippen molar-refractivity contribution in [3.8, 4) is 5.75 Å². The van der Waals surface area contributed by atoms with Crippen molar-refractivity contribution in [2.24, 2.45) is 5.92 Å². The number of methoxy groups -OCH3 is 1. The minimum Gasteiger partial charge on any atom is -0.496 e. The smallest absolute Gasteiger partial charge is 0.230 e. The van der Waals surface area contributed by atoms with Crippen molar-refractivity contribution in [2.75, 3.05) is 25.6 Å². The summed E-state index contributed by atoms with van der Waals surface area (Å²) in [5.74, 6) is 1.68. The van der Waals surface area contributed by atoms with E-state index in [1.807, 2.05) is 30.1 Å². The Morgan fingerprint density at radius 2 is 2.14 bits per heavy atom. The minimum atomic E-state index is 0.171. The quantitative estimate of drug-likeness (QED) is 0.789. The highest BCUT2D eigenvalue weighted by Crippen LogP contribution is 2.56. The molecular weight excluding hydrogens is 386 g/mol. The van der Waals surface area contributed by atoms with Crippen molar-refractivity contribution in [1.29, 1.82) is 0 Å². The Kier molecular flexibility index (Phi) is 4.77. The van der Waals surface area contributed by atoms with Crippen LogP contribution in [0.25, 0.3) is 0 Å². The molecule has 6 heteroatoms. The molecule has 0 bridgehead atoms. The molecule has 2 heterocycles. The van der Waals surface area contributed by atoms with Crippen LogP contribution in [-0.2, 0) is 11.3 Å². The van der Waals surface area contributed by atoms with E-state index < -0.39 is 0 Å². The van der Waals surface area contributed by atoms with Crippen LogP contribution in [0.5, 0.6) is 5.75 Å². The van der Waals surface area contributed by atoms with Crippen LogP contribution in [0.3, 0.4) is 0 Å². The molecule has 2 aliphatic heterocycles. The lowest BCUT2D eigenvalue weighted by Crippen LogP contribution is -2.34. The van der Waals surface area contributed by atoms with Gasteiger partial charge in [0.1, 0.15) is 5.75 Å². The number of fused-ring (bicyclic) bond motifs is 3. The highest BCUT2D eigenvalue weighted by molar-refractivity contribution is 6.30. The summed E-state index contributed by atoms with van der Waals surface area (Å²) in [5.41, 5.74) is 4.57. The summed E-state index contributed by atoms with van der Waals surface area (Å²) >= 11 is 6.19. The van der Waals surface area contributed by atoms with Gasteiger partial charge < -0.3 is 20.3 Å². The van der Waals surface area contributed by atoms with E-state index in [2.05, 4.69) is 28.8 Å². The molecule has 2 aromatic carbocycles. The number of anilines is 1. The molecule has 0 radical (unpaired) electrons. The van der Waals surface area contributed by atoms with Gasteiger partial charge in [0.25, 0.3) is 0 Å². The Morgan fingerprint density at radius 1 is 1.28 bits per heavy atom. The number of carbonyl (C=O) groups excluding carboxylic acids is 1. The standard InChI is InChI=1S/C23H26ClN3O2/c1-27-20-9-14(21(29-2)11-17(20)16-10-18(16)23(27)28)12-26-19-6-7-25-22(19)13-4-3-5-15(24)8-13/h3-5,8-9,11,16,18-19,22,25-26H,6-7,10,12H2,1-2H3. The first-order valence-corrected chi connectivity index (χ1v) is 10.6. The van der Waals surface area contributed by atoms with Crippen LogP contribution in [0.4, 0.5) is 5.69 Å². The van der Waals surface area contributed by atoms with Crippen molar-refractivity contribution < 1.29 is 9.53 Å². The Bertz CT molecular complexity index is 963. The zero-order valence-corrected chi connectivity index (χ0v) is 17.5. The first kappa shape index (κ1) is 18.9. The molecule has 2 aromatic rings. The zero-order valence-electron chi connectivity index (χ0n) is 16.7. The number of benzene rings is 2. The summed E-state index contributed by atoms with van der Waals surface area (Å²) < 4.78 is 5.71. The Morgan fingerprint density at radius 3 is 2.93 bits per heavy atom. The lowest BCUT2D eigenvalue weighted by atomic mass is 9.97. The summed E-state index contributed by atoms with van der Waals surface area (Å²) in [6.45, 7) is 1.66. The fraction of sp³-hybridized carbons (Fsp3) is 0.435. The lowest BCUT2D eigenvalue weighted by Gasteiger charge is -2.28. The first-order valence-electron chi connectivity index (χ1n) is 10.3. The van der Waals surface area contributed by atoms with Gasteiger partial charge in [0, 0.05) is 47.9 Å². The molecule has 152 valence electrons. The largest absolute Gasteiger partial charge is 0.496 e. The third kappa shape index (κ3) is 3.31. The van der Waals surface area contributed by atoms with E-state index in [1.165, 1.54) is 11.1 Å². The van der Waals surface area contributed by atoms with Gasteiger partial charge in [-0.2, -0.15) is 0 Å². The fourth-order valence-corrected chi connectivity index (χ4v) is 5.14. The molecule has 5 nitrogen and oxygen atoms in total. The molecule has 1 amide bonds. The second-order valence-electron chi connectivity index (χ2n) is 8.33. The Balaban J connectivity index is 1.37. The molecule has 1 saturated carbocycles. The molecular formula is C23H26ClN3O2. The van der Waals surface area contributed by atoms with Crippen LogP contribution in [0.2, 0.25) is 5.02 Å². The second-order valence-corrected chi connectivity index (χ2v) is 8.77. The van der Waals surface area contributed by atoms with Crippen molar-refractivity contribution >= 4 is 23.2 Å². The molecule has 0 spiro atoms. The highest BCUT2D eigenvalue weighted by atomic mass is 35.5. The van der Waals surface area contributed by atoms with Gasteiger partial charge in [0.15, 0.2) is 0 Å². The van der Waals surface area contributed by atoms with Crippen LogP contribution in [0, 0.1) is 5.92 Å². The van der Waals surface area contributed by atoms with Gasteiger partial charge in [-0.15, -0.1) is 0 Å². The van der Waals surface area contributed by atoms with Gasteiger partial charge in [-0.3, -0.25) is 4.79 Å². The van der Waals surface area contributed by atoms with E-state index in [0.717, 1.165) is 41.4 Å². The molecule has 4 unspecified atom stereocenters. The van der Waals surface area contributed by atoms with Crippen LogP contribution in [0.1, 0.15) is 41.5 Å². The number of carbonyl (C=O) groups is 1. The van der Waals surface area contributed by atoms with Gasteiger partial charge in [-0.25, -0.2) is 0 Å². The number of ether oxygens (including phenoxy) is 1. The van der Waals surface area contributed by atoms with Crippen molar-refractivity contribution in [2.45, 2.75) is 37.4 Å². The van der Waals surface area contributed by atoms with Gasteiger partial charge in [-0.1, -0.05) is 23.7 Å². The Hall–Kier alpha value is -2.08. The third-order valence-corrected chi connectivity index (χ3v) is 6.85. The van der Waals surface area contributed by atoms with Crippen molar-refractivity contribution in [3.63, 3.8) is 0 Å². The lowest BCUT2D eigenvalue weighted by molar-refractivity contribution is -0.119.